The minimum Gasteiger partial charge on any atom is -0.326 e. The van der Waals surface area contributed by atoms with Crippen LogP contribution in [0.15, 0.2) is 0 Å². The molecule has 2 saturated carbocycles. The van der Waals surface area contributed by atoms with E-state index in [0.29, 0.717) is 12.6 Å². The van der Waals surface area contributed by atoms with Crippen molar-refractivity contribution in [3.05, 3.63) is 0 Å². The Bertz CT molecular complexity index is 377. The highest BCUT2D eigenvalue weighted by Gasteiger charge is 2.37. The van der Waals surface area contributed by atoms with E-state index in [1.807, 2.05) is 0 Å². The number of nitrogens with zero attached hydrogens (tertiary/aromatic N) is 2. The van der Waals surface area contributed by atoms with E-state index in [9.17, 15) is 4.79 Å². The van der Waals surface area contributed by atoms with Gasteiger partial charge < -0.3 is 10.2 Å². The minimum atomic E-state index is -0.183. The number of carbonyl (C=O) groups excluding carboxylic acids is 1. The quantitative estimate of drug-likeness (QED) is 0.840. The van der Waals surface area contributed by atoms with E-state index in [4.69, 9.17) is 5.26 Å². The van der Waals surface area contributed by atoms with E-state index in [0.717, 1.165) is 31.2 Å². The van der Waals surface area contributed by atoms with Crippen molar-refractivity contribution < 1.29 is 4.79 Å². The van der Waals surface area contributed by atoms with Crippen molar-refractivity contribution in [3.63, 3.8) is 0 Å². The average molecular weight is 261 g/mol. The standard InChI is InChI=1S/C15H23N3O/c16-9-14-5-2-6-18(14)15(19)10-17-13-7-11-3-1-4-12(11)8-13/h11-14,17H,1-8,10H2/t11-,12+,13?,14?. The van der Waals surface area contributed by atoms with Gasteiger partial charge in [0, 0.05) is 12.6 Å². The second kappa shape index (κ2) is 5.50. The van der Waals surface area contributed by atoms with Crippen LogP contribution in [-0.2, 0) is 4.79 Å². The van der Waals surface area contributed by atoms with E-state index >= 15 is 0 Å². The zero-order chi connectivity index (χ0) is 13.2. The normalized spacial score (nSPS) is 37.3. The fourth-order valence-electron chi connectivity index (χ4n) is 4.26. The summed E-state index contributed by atoms with van der Waals surface area (Å²) in [6.45, 7) is 1.18. The zero-order valence-electron chi connectivity index (χ0n) is 11.5. The van der Waals surface area contributed by atoms with Gasteiger partial charge in [0.2, 0.25) is 5.91 Å². The predicted octanol–water partition coefficient (Wildman–Crippen LogP) is 1.67. The number of rotatable bonds is 3. The first-order valence-electron chi connectivity index (χ1n) is 7.70. The molecule has 1 saturated heterocycles. The van der Waals surface area contributed by atoms with Crippen molar-refractivity contribution in [1.82, 2.24) is 10.2 Å². The molecule has 4 atom stereocenters. The maximum absolute atomic E-state index is 12.1. The van der Waals surface area contributed by atoms with Crippen LogP contribution in [0, 0.1) is 23.2 Å². The number of hydrogen-bond acceptors (Lipinski definition) is 3. The van der Waals surface area contributed by atoms with Gasteiger partial charge >= 0.3 is 0 Å². The summed E-state index contributed by atoms with van der Waals surface area (Å²) < 4.78 is 0. The SMILES string of the molecule is N#CC1CCCN1C(=O)CNC1C[C@H]2CCC[C@H]2C1. The number of nitrogens with one attached hydrogen (secondary N) is 1. The van der Waals surface area contributed by atoms with Gasteiger partial charge in [-0.25, -0.2) is 0 Å². The summed E-state index contributed by atoms with van der Waals surface area (Å²) in [5, 5.41) is 12.4. The van der Waals surface area contributed by atoms with Gasteiger partial charge in [-0.05, 0) is 37.5 Å². The summed E-state index contributed by atoms with van der Waals surface area (Å²) in [4.78, 5) is 13.9. The third-order valence-corrected chi connectivity index (χ3v) is 5.26. The Hall–Kier alpha value is -1.08. The smallest absolute Gasteiger partial charge is 0.237 e. The molecule has 1 heterocycles. The van der Waals surface area contributed by atoms with E-state index in [1.54, 1.807) is 4.90 Å². The maximum Gasteiger partial charge on any atom is 0.237 e. The molecule has 2 unspecified atom stereocenters. The Morgan fingerprint density at radius 2 is 1.95 bits per heavy atom. The molecule has 0 aromatic heterocycles. The molecule has 4 nitrogen and oxygen atoms in total. The molecule has 1 aliphatic heterocycles. The molecule has 0 spiro atoms. The van der Waals surface area contributed by atoms with Crippen molar-refractivity contribution >= 4 is 5.91 Å². The van der Waals surface area contributed by atoms with Crippen LogP contribution in [0.25, 0.3) is 0 Å². The highest BCUT2D eigenvalue weighted by Crippen LogP contribution is 2.43. The molecule has 1 N–H and O–H groups in total. The lowest BCUT2D eigenvalue weighted by atomic mass is 10.0. The van der Waals surface area contributed by atoms with E-state index < -0.39 is 0 Å². The number of likely N-dealkylation sites (tertiary alicyclic amines) is 1. The Morgan fingerprint density at radius 3 is 2.63 bits per heavy atom. The van der Waals surface area contributed by atoms with E-state index in [1.165, 1.54) is 32.1 Å². The molecule has 0 bridgehead atoms. The van der Waals surface area contributed by atoms with Crippen molar-refractivity contribution in [2.45, 2.75) is 57.0 Å². The molecule has 19 heavy (non-hydrogen) atoms. The molecule has 104 valence electrons. The first-order chi connectivity index (χ1) is 9.28. The van der Waals surface area contributed by atoms with Crippen LogP contribution in [0.4, 0.5) is 0 Å². The molecule has 0 radical (unpaired) electrons. The lowest BCUT2D eigenvalue weighted by molar-refractivity contribution is -0.130. The van der Waals surface area contributed by atoms with Crippen molar-refractivity contribution in [2.24, 2.45) is 11.8 Å². The highest BCUT2D eigenvalue weighted by atomic mass is 16.2. The number of hydrogen-bond donors (Lipinski definition) is 1. The van der Waals surface area contributed by atoms with Crippen molar-refractivity contribution in [1.29, 1.82) is 5.26 Å². The minimum absolute atomic E-state index is 0.112. The zero-order valence-corrected chi connectivity index (χ0v) is 11.5. The van der Waals surface area contributed by atoms with Gasteiger partial charge in [-0.3, -0.25) is 4.79 Å². The number of carbonyl (C=O) groups is 1. The Balaban J connectivity index is 1.45. The third kappa shape index (κ3) is 2.62. The molecule has 3 fully saturated rings. The molecular formula is C15H23N3O. The second-order valence-electron chi connectivity index (χ2n) is 6.37. The molecule has 2 aliphatic carbocycles. The monoisotopic (exact) mass is 261 g/mol. The lowest BCUT2D eigenvalue weighted by Crippen LogP contribution is -2.43. The van der Waals surface area contributed by atoms with Gasteiger partial charge in [0.15, 0.2) is 0 Å². The molecule has 4 heteroatoms. The van der Waals surface area contributed by atoms with Gasteiger partial charge in [0.1, 0.15) is 6.04 Å². The summed E-state index contributed by atoms with van der Waals surface area (Å²) in [6.07, 6.45) is 8.49. The highest BCUT2D eigenvalue weighted by molar-refractivity contribution is 5.79. The lowest BCUT2D eigenvalue weighted by Gasteiger charge is -2.21. The summed E-state index contributed by atoms with van der Waals surface area (Å²) in [5.74, 6) is 1.93. The van der Waals surface area contributed by atoms with Crippen LogP contribution < -0.4 is 5.32 Å². The molecule has 0 aromatic rings. The average Bonchev–Trinajstić information content (AvgIpc) is 3.09. The van der Waals surface area contributed by atoms with Crippen LogP contribution in [0.1, 0.15) is 44.9 Å². The third-order valence-electron chi connectivity index (χ3n) is 5.26. The first kappa shape index (κ1) is 12.9. The molecule has 0 aromatic carbocycles. The Labute approximate surface area is 115 Å². The summed E-state index contributed by atoms with van der Waals surface area (Å²) in [5.41, 5.74) is 0. The van der Waals surface area contributed by atoms with Gasteiger partial charge in [-0.1, -0.05) is 19.3 Å². The predicted molar refractivity (Wildman–Crippen MR) is 72.2 cm³/mol. The van der Waals surface area contributed by atoms with Crippen molar-refractivity contribution in [2.75, 3.05) is 13.1 Å². The van der Waals surface area contributed by atoms with Gasteiger partial charge in [-0.2, -0.15) is 5.26 Å². The van der Waals surface area contributed by atoms with Gasteiger partial charge in [0.05, 0.1) is 12.6 Å². The topological polar surface area (TPSA) is 56.1 Å². The summed E-state index contributed by atoms with van der Waals surface area (Å²) in [7, 11) is 0. The van der Waals surface area contributed by atoms with E-state index in [2.05, 4.69) is 11.4 Å². The Morgan fingerprint density at radius 1 is 1.21 bits per heavy atom. The fourth-order valence-corrected chi connectivity index (χ4v) is 4.26. The largest absolute Gasteiger partial charge is 0.326 e. The summed E-state index contributed by atoms with van der Waals surface area (Å²) in [6, 6.07) is 2.58. The van der Waals surface area contributed by atoms with Crippen LogP contribution in [0.2, 0.25) is 0 Å². The second-order valence-corrected chi connectivity index (χ2v) is 6.37. The molecule has 3 aliphatic rings. The number of amides is 1. The molecular weight excluding hydrogens is 238 g/mol. The number of fused-ring (bicyclic) bond motifs is 1. The maximum atomic E-state index is 12.1. The molecule has 3 rings (SSSR count). The van der Waals surface area contributed by atoms with Gasteiger partial charge in [-0.15, -0.1) is 0 Å². The van der Waals surface area contributed by atoms with Crippen molar-refractivity contribution in [3.8, 4) is 6.07 Å². The van der Waals surface area contributed by atoms with Crippen LogP contribution in [0.5, 0.6) is 0 Å². The van der Waals surface area contributed by atoms with Crippen LogP contribution >= 0.6 is 0 Å². The molecule has 1 amide bonds. The van der Waals surface area contributed by atoms with E-state index in [-0.39, 0.29) is 11.9 Å². The fraction of sp³-hybridized carbons (Fsp3) is 0.867. The van der Waals surface area contributed by atoms with Crippen LogP contribution in [0.3, 0.4) is 0 Å². The van der Waals surface area contributed by atoms with Crippen LogP contribution in [-0.4, -0.2) is 36.0 Å². The number of nitriles is 1. The Kier molecular flexibility index (Phi) is 3.74. The summed E-state index contributed by atoms with van der Waals surface area (Å²) >= 11 is 0. The first-order valence-corrected chi connectivity index (χ1v) is 7.70. The van der Waals surface area contributed by atoms with Gasteiger partial charge in [0.25, 0.3) is 0 Å².